The maximum Gasteiger partial charge on any atom is 0.250 e. The molecule has 0 aliphatic carbocycles. The van der Waals surface area contributed by atoms with Gasteiger partial charge in [-0.15, -0.1) is 11.3 Å². The summed E-state index contributed by atoms with van der Waals surface area (Å²) in [5.41, 5.74) is 0. The first-order valence-electron chi connectivity index (χ1n) is 6.36. The number of carbonyl (C=O) groups is 1. The molecule has 8 heteroatoms. The van der Waals surface area contributed by atoms with Gasteiger partial charge in [-0.05, 0) is 23.8 Å². The molecule has 0 aromatic carbocycles. The fraction of sp³-hybridized carbons (Fsp3) is 0.583. The summed E-state index contributed by atoms with van der Waals surface area (Å²) in [6, 6.07) is 3.18. The van der Waals surface area contributed by atoms with Crippen LogP contribution in [0.25, 0.3) is 0 Å². The largest absolute Gasteiger partial charge is 0.396 e. The van der Waals surface area contributed by atoms with Gasteiger partial charge in [0.25, 0.3) is 0 Å². The van der Waals surface area contributed by atoms with Gasteiger partial charge < -0.3 is 10.4 Å². The molecular formula is C12H20N2O4S2. The van der Waals surface area contributed by atoms with Crippen molar-refractivity contribution in [1.29, 1.82) is 0 Å². The summed E-state index contributed by atoms with van der Waals surface area (Å²) in [5, 5.41) is 13.1. The lowest BCUT2D eigenvalue weighted by molar-refractivity contribution is -0.121. The number of carbonyl (C=O) groups excluding carboxylic acids is 1. The molecule has 114 valence electrons. The Morgan fingerprint density at radius 3 is 2.85 bits per heavy atom. The highest BCUT2D eigenvalue weighted by Gasteiger charge is 2.14. The molecule has 0 aliphatic heterocycles. The molecule has 6 nitrogen and oxygen atoms in total. The average molecular weight is 320 g/mol. The maximum absolute atomic E-state index is 11.8. The van der Waals surface area contributed by atoms with E-state index in [1.807, 2.05) is 6.92 Å². The number of hydrogen-bond donors (Lipinski definition) is 3. The molecule has 1 heterocycles. The van der Waals surface area contributed by atoms with E-state index in [4.69, 9.17) is 5.11 Å². The zero-order valence-corrected chi connectivity index (χ0v) is 13.0. The van der Waals surface area contributed by atoms with Crippen molar-refractivity contribution >= 4 is 27.3 Å². The molecule has 1 rings (SSSR count). The minimum absolute atomic E-state index is 0.0699. The summed E-state index contributed by atoms with van der Waals surface area (Å²) < 4.78 is 26.2. The monoisotopic (exact) mass is 320 g/mol. The van der Waals surface area contributed by atoms with Crippen LogP contribution in [0, 0.1) is 5.92 Å². The SMILES string of the molecule is CC(CCO)CNC(=O)CCNS(=O)(=O)c1cccs1. The molecule has 0 saturated carbocycles. The number of thiophene rings is 1. The second-order valence-corrected chi connectivity index (χ2v) is 7.44. The molecule has 20 heavy (non-hydrogen) atoms. The van der Waals surface area contributed by atoms with Crippen molar-refractivity contribution in [3.63, 3.8) is 0 Å². The Hall–Kier alpha value is -0.960. The molecule has 1 aromatic rings. The van der Waals surface area contributed by atoms with E-state index in [2.05, 4.69) is 10.0 Å². The third-order valence-electron chi connectivity index (χ3n) is 2.67. The summed E-state index contributed by atoms with van der Waals surface area (Å²) in [6.45, 7) is 2.57. The predicted molar refractivity (Wildman–Crippen MR) is 78.0 cm³/mol. The molecule has 0 fully saturated rings. The Morgan fingerprint density at radius 1 is 1.50 bits per heavy atom. The summed E-state index contributed by atoms with van der Waals surface area (Å²) in [4.78, 5) is 11.5. The fourth-order valence-electron chi connectivity index (χ4n) is 1.49. The number of aliphatic hydroxyl groups excluding tert-OH is 1. The van der Waals surface area contributed by atoms with Gasteiger partial charge in [-0.1, -0.05) is 13.0 Å². The van der Waals surface area contributed by atoms with Gasteiger partial charge in [0.2, 0.25) is 15.9 Å². The summed E-state index contributed by atoms with van der Waals surface area (Å²) in [5.74, 6) is -0.00423. The highest BCUT2D eigenvalue weighted by atomic mass is 32.2. The van der Waals surface area contributed by atoms with Crippen molar-refractivity contribution in [2.75, 3.05) is 19.7 Å². The summed E-state index contributed by atoms with van der Waals surface area (Å²) in [7, 11) is -3.50. The summed E-state index contributed by atoms with van der Waals surface area (Å²) >= 11 is 1.13. The zero-order chi connectivity index (χ0) is 15.0. The van der Waals surface area contributed by atoms with Crippen LogP contribution in [0.4, 0.5) is 0 Å². The van der Waals surface area contributed by atoms with Crippen LogP contribution in [0.3, 0.4) is 0 Å². The molecule has 3 N–H and O–H groups in total. The van der Waals surface area contributed by atoms with Gasteiger partial charge in [-0.25, -0.2) is 13.1 Å². The van der Waals surface area contributed by atoms with Crippen LogP contribution in [0.2, 0.25) is 0 Å². The number of rotatable bonds is 9. The van der Waals surface area contributed by atoms with E-state index in [1.54, 1.807) is 11.4 Å². The topological polar surface area (TPSA) is 95.5 Å². The van der Waals surface area contributed by atoms with Crippen LogP contribution in [0.5, 0.6) is 0 Å². The quantitative estimate of drug-likeness (QED) is 0.619. The number of nitrogens with one attached hydrogen (secondary N) is 2. The van der Waals surface area contributed by atoms with Crippen molar-refractivity contribution in [3.05, 3.63) is 17.5 Å². The predicted octanol–water partition coefficient (Wildman–Crippen LogP) is 0.551. The van der Waals surface area contributed by atoms with Crippen LogP contribution >= 0.6 is 11.3 Å². The molecule has 1 aromatic heterocycles. The maximum atomic E-state index is 11.8. The molecular weight excluding hydrogens is 300 g/mol. The van der Waals surface area contributed by atoms with Crippen LogP contribution in [0.1, 0.15) is 19.8 Å². The third-order valence-corrected chi connectivity index (χ3v) is 5.53. The minimum atomic E-state index is -3.50. The van der Waals surface area contributed by atoms with E-state index in [0.717, 1.165) is 11.3 Å². The number of aliphatic hydroxyl groups is 1. The first-order chi connectivity index (χ1) is 9.45. The molecule has 1 atom stereocenters. The lowest BCUT2D eigenvalue weighted by atomic mass is 10.1. The Labute approximate surface area is 123 Å². The standard InChI is InChI=1S/C12H20N2O4S2/c1-10(5-7-15)9-13-11(16)4-6-14-20(17,18)12-3-2-8-19-12/h2-3,8,10,14-15H,4-7,9H2,1H3,(H,13,16). The second-order valence-electron chi connectivity index (χ2n) is 4.50. The van der Waals surface area contributed by atoms with Crippen LogP contribution in [0.15, 0.2) is 21.7 Å². The highest BCUT2D eigenvalue weighted by Crippen LogP contribution is 2.14. The smallest absolute Gasteiger partial charge is 0.250 e. The lowest BCUT2D eigenvalue weighted by Gasteiger charge is -2.11. The highest BCUT2D eigenvalue weighted by molar-refractivity contribution is 7.91. The molecule has 0 radical (unpaired) electrons. The minimum Gasteiger partial charge on any atom is -0.396 e. The first-order valence-corrected chi connectivity index (χ1v) is 8.72. The normalized spacial score (nSPS) is 13.1. The Bertz CT molecular complexity index is 500. The third kappa shape index (κ3) is 6.00. The Kier molecular flexibility index (Phi) is 7.14. The Balaban J connectivity index is 2.25. The second kappa shape index (κ2) is 8.35. The first kappa shape index (κ1) is 17.1. The van der Waals surface area contributed by atoms with E-state index in [-0.39, 0.29) is 35.6 Å². The van der Waals surface area contributed by atoms with Crippen LogP contribution < -0.4 is 10.0 Å². The number of hydrogen-bond acceptors (Lipinski definition) is 5. The van der Waals surface area contributed by atoms with Gasteiger partial charge in [0.1, 0.15) is 4.21 Å². The van der Waals surface area contributed by atoms with E-state index < -0.39 is 10.0 Å². The van der Waals surface area contributed by atoms with Crippen molar-refractivity contribution in [2.45, 2.75) is 24.0 Å². The van der Waals surface area contributed by atoms with Crippen molar-refractivity contribution in [3.8, 4) is 0 Å². The number of sulfonamides is 1. The molecule has 0 spiro atoms. The lowest BCUT2D eigenvalue weighted by Crippen LogP contribution is -2.32. The van der Waals surface area contributed by atoms with E-state index in [0.29, 0.717) is 13.0 Å². The van der Waals surface area contributed by atoms with Gasteiger partial charge in [0, 0.05) is 26.1 Å². The fourth-order valence-corrected chi connectivity index (χ4v) is 3.55. The van der Waals surface area contributed by atoms with Gasteiger partial charge in [0.15, 0.2) is 0 Å². The zero-order valence-electron chi connectivity index (χ0n) is 11.3. The molecule has 1 unspecified atom stereocenters. The molecule has 0 saturated heterocycles. The van der Waals surface area contributed by atoms with Gasteiger partial charge >= 0.3 is 0 Å². The van der Waals surface area contributed by atoms with Crippen LogP contribution in [-0.4, -0.2) is 39.1 Å². The van der Waals surface area contributed by atoms with Crippen molar-refractivity contribution in [2.24, 2.45) is 5.92 Å². The van der Waals surface area contributed by atoms with E-state index in [9.17, 15) is 13.2 Å². The molecule has 0 bridgehead atoms. The van der Waals surface area contributed by atoms with Gasteiger partial charge in [0.05, 0.1) is 0 Å². The average Bonchev–Trinajstić information content (AvgIpc) is 2.91. The van der Waals surface area contributed by atoms with Gasteiger partial charge in [-0.2, -0.15) is 0 Å². The van der Waals surface area contributed by atoms with E-state index >= 15 is 0 Å². The van der Waals surface area contributed by atoms with Crippen LogP contribution in [-0.2, 0) is 14.8 Å². The summed E-state index contributed by atoms with van der Waals surface area (Å²) in [6.07, 6.45) is 0.724. The van der Waals surface area contributed by atoms with E-state index in [1.165, 1.54) is 6.07 Å². The van der Waals surface area contributed by atoms with Crippen molar-refractivity contribution < 1.29 is 18.3 Å². The number of amides is 1. The molecule has 1 amide bonds. The van der Waals surface area contributed by atoms with Crippen molar-refractivity contribution in [1.82, 2.24) is 10.0 Å². The Morgan fingerprint density at radius 2 is 2.25 bits per heavy atom. The molecule has 0 aliphatic rings. The van der Waals surface area contributed by atoms with Gasteiger partial charge in [-0.3, -0.25) is 4.79 Å².